The van der Waals surface area contributed by atoms with Gasteiger partial charge in [0, 0.05) is 28.9 Å². The largest absolute Gasteiger partial charge is 0.494 e. The second-order valence-corrected chi connectivity index (χ2v) is 19.4. The molecule has 2 aliphatic rings. The molecule has 31 heavy (non-hydrogen) atoms. The van der Waals surface area contributed by atoms with E-state index in [1.807, 2.05) is 0 Å². The summed E-state index contributed by atoms with van der Waals surface area (Å²) in [6.45, 7) is 5.74. The average molecular weight is 948 g/mol. The van der Waals surface area contributed by atoms with Crippen LogP contribution in [-0.2, 0) is 9.47 Å². The SMILES string of the molecule is CC(C)(C1=CC=C(OCC(Br)CBr)C(Br)(Br)C1)C1=CC=C(OCC(Br)CBr)C(Br)(Br)C1. The topological polar surface area (TPSA) is 18.5 Å². The van der Waals surface area contributed by atoms with Crippen molar-refractivity contribution in [1.82, 2.24) is 0 Å². The van der Waals surface area contributed by atoms with Gasteiger partial charge in [-0.25, -0.2) is 0 Å². The molecule has 0 spiro atoms. The molecular weight excluding hydrogens is 923 g/mol. The van der Waals surface area contributed by atoms with Crippen molar-refractivity contribution < 1.29 is 9.47 Å². The summed E-state index contributed by atoms with van der Waals surface area (Å²) < 4.78 is 11.3. The highest BCUT2D eigenvalue weighted by atomic mass is 79.9. The van der Waals surface area contributed by atoms with Gasteiger partial charge in [-0.2, -0.15) is 0 Å². The van der Waals surface area contributed by atoms with Crippen LogP contribution in [0.3, 0.4) is 0 Å². The van der Waals surface area contributed by atoms with E-state index in [0.29, 0.717) is 13.2 Å². The van der Waals surface area contributed by atoms with Crippen LogP contribution in [0.5, 0.6) is 0 Å². The number of hydrogen-bond donors (Lipinski definition) is 0. The first-order valence-electron chi connectivity index (χ1n) is 9.58. The molecule has 2 aliphatic carbocycles. The molecule has 10 heteroatoms. The summed E-state index contributed by atoms with van der Waals surface area (Å²) in [6.07, 6.45) is 10.1. The van der Waals surface area contributed by atoms with Gasteiger partial charge in [-0.05, 0) is 12.2 Å². The van der Waals surface area contributed by atoms with E-state index in [1.165, 1.54) is 11.1 Å². The average Bonchev–Trinajstić information content (AvgIpc) is 2.70. The smallest absolute Gasteiger partial charge is 0.141 e. The maximum Gasteiger partial charge on any atom is 0.141 e. The Morgan fingerprint density at radius 3 is 1.42 bits per heavy atom. The van der Waals surface area contributed by atoms with Crippen LogP contribution in [-0.4, -0.2) is 40.0 Å². The Labute approximate surface area is 252 Å². The first-order chi connectivity index (χ1) is 14.3. The molecule has 2 nitrogen and oxygen atoms in total. The molecule has 0 radical (unpaired) electrons. The molecule has 176 valence electrons. The summed E-state index contributed by atoms with van der Waals surface area (Å²) in [5.74, 6) is 1.77. The third-order valence-corrected chi connectivity index (χ3v) is 12.4. The Balaban J connectivity index is 2.22. The van der Waals surface area contributed by atoms with Crippen molar-refractivity contribution in [2.24, 2.45) is 5.41 Å². The van der Waals surface area contributed by atoms with Crippen LogP contribution >= 0.6 is 127 Å². The highest BCUT2D eigenvalue weighted by Gasteiger charge is 2.43. The number of allylic oxidation sites excluding steroid dienone is 8. The van der Waals surface area contributed by atoms with Crippen LogP contribution in [0.1, 0.15) is 26.7 Å². The Bertz CT molecular complexity index is 705. The summed E-state index contributed by atoms with van der Waals surface area (Å²) in [7, 11) is 0. The lowest BCUT2D eigenvalue weighted by molar-refractivity contribution is 0.204. The van der Waals surface area contributed by atoms with E-state index >= 15 is 0 Å². The Morgan fingerprint density at radius 1 is 0.774 bits per heavy atom. The first-order valence-corrected chi connectivity index (χ1v) is 16.8. The lowest BCUT2D eigenvalue weighted by atomic mass is 9.71. The molecule has 0 fully saturated rings. The zero-order valence-electron chi connectivity index (χ0n) is 17.0. The third kappa shape index (κ3) is 8.21. The summed E-state index contributed by atoms with van der Waals surface area (Å²) in [5.41, 5.74) is 2.51. The van der Waals surface area contributed by atoms with Crippen LogP contribution in [0.15, 0.2) is 47.0 Å². The summed E-state index contributed by atoms with van der Waals surface area (Å²) in [5, 5.41) is 1.68. The van der Waals surface area contributed by atoms with Gasteiger partial charge in [0.15, 0.2) is 0 Å². The van der Waals surface area contributed by atoms with Crippen LogP contribution < -0.4 is 0 Å². The van der Waals surface area contributed by atoms with Crippen LogP contribution in [0.2, 0.25) is 0 Å². The van der Waals surface area contributed by atoms with Gasteiger partial charge in [0.25, 0.3) is 0 Å². The third-order valence-electron chi connectivity index (χ3n) is 5.20. The molecule has 0 bridgehead atoms. The van der Waals surface area contributed by atoms with Crippen LogP contribution in [0, 0.1) is 5.41 Å². The van der Waals surface area contributed by atoms with Gasteiger partial charge in [0.05, 0.1) is 9.65 Å². The molecule has 0 aromatic heterocycles. The lowest BCUT2D eigenvalue weighted by Gasteiger charge is -2.40. The number of hydrogen-bond acceptors (Lipinski definition) is 2. The van der Waals surface area contributed by atoms with Crippen molar-refractivity contribution in [3.63, 3.8) is 0 Å². The Hall–Kier alpha value is 2.40. The van der Waals surface area contributed by atoms with Crippen molar-refractivity contribution in [1.29, 1.82) is 0 Å². The molecular formula is C21H24Br8O2. The van der Waals surface area contributed by atoms with E-state index in [1.54, 1.807) is 0 Å². The minimum atomic E-state index is -0.416. The molecule has 0 N–H and O–H groups in total. The highest BCUT2D eigenvalue weighted by molar-refractivity contribution is 9.25. The quantitative estimate of drug-likeness (QED) is 0.203. The van der Waals surface area contributed by atoms with Crippen molar-refractivity contribution in [3.05, 3.63) is 47.0 Å². The molecule has 0 heterocycles. The second-order valence-electron chi connectivity index (χ2n) is 7.96. The molecule has 2 unspecified atom stereocenters. The fourth-order valence-electron chi connectivity index (χ4n) is 3.19. The highest BCUT2D eigenvalue weighted by Crippen LogP contribution is 2.54. The number of alkyl halides is 8. The van der Waals surface area contributed by atoms with Gasteiger partial charge < -0.3 is 9.47 Å². The van der Waals surface area contributed by atoms with E-state index in [0.717, 1.165) is 35.0 Å². The van der Waals surface area contributed by atoms with Crippen molar-refractivity contribution >= 4 is 127 Å². The molecule has 0 amide bonds. The van der Waals surface area contributed by atoms with Gasteiger partial charge in [-0.1, -0.05) is 165 Å². The molecule has 2 rings (SSSR count). The molecule has 0 saturated carbocycles. The fraction of sp³-hybridized carbons (Fsp3) is 0.619. The molecule has 0 saturated heterocycles. The molecule has 0 aromatic rings. The Kier molecular flexibility index (Phi) is 12.0. The van der Waals surface area contributed by atoms with Gasteiger partial charge in [0.1, 0.15) is 31.2 Å². The van der Waals surface area contributed by atoms with E-state index in [2.05, 4.69) is 166 Å². The number of rotatable bonds is 10. The van der Waals surface area contributed by atoms with E-state index in [-0.39, 0.29) is 15.1 Å². The second kappa shape index (κ2) is 12.6. The van der Waals surface area contributed by atoms with E-state index in [4.69, 9.17) is 9.47 Å². The van der Waals surface area contributed by atoms with Crippen molar-refractivity contribution in [2.45, 2.75) is 42.8 Å². The maximum atomic E-state index is 6.04. The fourth-order valence-corrected chi connectivity index (χ4v) is 6.02. The minimum absolute atomic E-state index is 0.134. The summed E-state index contributed by atoms with van der Waals surface area (Å²) in [6, 6.07) is 0. The van der Waals surface area contributed by atoms with Gasteiger partial charge >= 0.3 is 0 Å². The van der Waals surface area contributed by atoms with Crippen molar-refractivity contribution in [3.8, 4) is 0 Å². The lowest BCUT2D eigenvalue weighted by Crippen LogP contribution is -2.32. The predicted octanol–water partition coefficient (Wildman–Crippen LogP) is 9.76. The summed E-state index contributed by atoms with van der Waals surface area (Å²) in [4.78, 5) is 0.531. The summed E-state index contributed by atoms with van der Waals surface area (Å²) >= 11 is 29.5. The molecule has 2 atom stereocenters. The molecule has 0 aliphatic heterocycles. The van der Waals surface area contributed by atoms with Gasteiger partial charge in [0.2, 0.25) is 0 Å². The van der Waals surface area contributed by atoms with Gasteiger partial charge in [-0.3, -0.25) is 0 Å². The Morgan fingerprint density at radius 2 is 1.13 bits per heavy atom. The zero-order valence-corrected chi connectivity index (χ0v) is 29.7. The van der Waals surface area contributed by atoms with Crippen LogP contribution in [0.4, 0.5) is 0 Å². The number of ether oxygens (including phenoxy) is 2. The van der Waals surface area contributed by atoms with Gasteiger partial charge in [-0.15, -0.1) is 0 Å². The number of halogens is 8. The minimum Gasteiger partial charge on any atom is -0.494 e. The normalized spacial score (nSPS) is 22.5. The van der Waals surface area contributed by atoms with Crippen molar-refractivity contribution in [2.75, 3.05) is 23.9 Å². The van der Waals surface area contributed by atoms with E-state index < -0.39 is 6.47 Å². The molecule has 0 aromatic carbocycles. The van der Waals surface area contributed by atoms with Crippen LogP contribution in [0.25, 0.3) is 0 Å². The van der Waals surface area contributed by atoms with E-state index in [9.17, 15) is 0 Å². The zero-order chi connectivity index (χ0) is 23.4. The monoisotopic (exact) mass is 940 g/mol. The predicted molar refractivity (Wildman–Crippen MR) is 161 cm³/mol. The maximum absolute atomic E-state index is 6.04. The first kappa shape index (κ1) is 29.6. The standard InChI is InChI=1S/C21H24Br8O2/c1-19(2,13-3-5-17(20(26,27)7-13)30-11-15(24)9-22)14-4-6-18(21(28,29)8-14)31-12-16(25)10-23/h3-6,15-16H,7-12H2,1-2H3.